The first-order valence-electron chi connectivity index (χ1n) is 4.94. The Labute approximate surface area is 101 Å². The lowest BCUT2D eigenvalue weighted by atomic mass is 10.1. The lowest BCUT2D eigenvalue weighted by Crippen LogP contribution is -2.14. The van der Waals surface area contributed by atoms with Gasteiger partial charge in [0.05, 0.1) is 5.39 Å². The summed E-state index contributed by atoms with van der Waals surface area (Å²) in [5.74, 6) is 0. The number of halogens is 1. The van der Waals surface area contributed by atoms with E-state index in [0.717, 1.165) is 17.3 Å². The zero-order valence-corrected chi connectivity index (χ0v) is 10.5. The topological polar surface area (TPSA) is 44.4 Å². The summed E-state index contributed by atoms with van der Waals surface area (Å²) in [6, 6.07) is 5.63. The van der Waals surface area contributed by atoms with Gasteiger partial charge in [0, 0.05) is 12.4 Å². The molecule has 0 N–H and O–H groups in total. The number of ether oxygens (including phenoxy) is 1. The number of rotatable bonds is 4. The molecule has 0 aliphatic carbocycles. The second-order valence-electron chi connectivity index (χ2n) is 3.46. The van der Waals surface area contributed by atoms with Crippen LogP contribution in [0.4, 0.5) is 0 Å². The van der Waals surface area contributed by atoms with Gasteiger partial charge >= 0.3 is 0 Å². The standard InChI is InChI=1S/C11H12BrNO3/c1-15-7-13-11(14)9-3-2-8(4-5-12)6-10(9)16-13/h2-3,6H,4-5,7H2,1H3. The maximum atomic E-state index is 11.8. The summed E-state index contributed by atoms with van der Waals surface area (Å²) in [5, 5.41) is 1.48. The molecule has 0 fully saturated rings. The van der Waals surface area contributed by atoms with Crippen molar-refractivity contribution in [1.29, 1.82) is 0 Å². The number of alkyl halides is 1. The van der Waals surface area contributed by atoms with Gasteiger partial charge < -0.3 is 9.26 Å². The summed E-state index contributed by atoms with van der Waals surface area (Å²) in [6.45, 7) is 0.140. The van der Waals surface area contributed by atoms with Crippen LogP contribution >= 0.6 is 15.9 Å². The van der Waals surface area contributed by atoms with Gasteiger partial charge in [0.1, 0.15) is 0 Å². The molecule has 0 saturated heterocycles. The summed E-state index contributed by atoms with van der Waals surface area (Å²) in [6.07, 6.45) is 0.912. The molecule has 0 atom stereocenters. The largest absolute Gasteiger partial charge is 0.373 e. The Kier molecular flexibility index (Phi) is 3.46. The normalized spacial score (nSPS) is 11.1. The Balaban J connectivity index is 2.49. The minimum Gasteiger partial charge on any atom is -0.373 e. The molecule has 0 aliphatic heterocycles. The van der Waals surface area contributed by atoms with E-state index in [4.69, 9.17) is 9.26 Å². The first kappa shape index (κ1) is 11.4. The van der Waals surface area contributed by atoms with Crippen LogP contribution in [0.1, 0.15) is 5.56 Å². The minimum atomic E-state index is -0.151. The second kappa shape index (κ2) is 4.84. The number of hydrogen-bond donors (Lipinski definition) is 0. The van der Waals surface area contributed by atoms with Gasteiger partial charge in [0.25, 0.3) is 5.56 Å². The Morgan fingerprint density at radius 1 is 1.50 bits per heavy atom. The molecule has 0 saturated carbocycles. The number of methoxy groups -OCH3 is 1. The van der Waals surface area contributed by atoms with Crippen LogP contribution < -0.4 is 5.56 Å². The predicted octanol–water partition coefficient (Wildman–Crippen LogP) is 2.14. The predicted molar refractivity (Wildman–Crippen MR) is 65.0 cm³/mol. The second-order valence-corrected chi connectivity index (χ2v) is 4.26. The van der Waals surface area contributed by atoms with E-state index in [1.807, 2.05) is 12.1 Å². The Morgan fingerprint density at radius 2 is 2.31 bits per heavy atom. The van der Waals surface area contributed by atoms with E-state index in [9.17, 15) is 4.79 Å². The highest BCUT2D eigenvalue weighted by Crippen LogP contribution is 2.14. The quantitative estimate of drug-likeness (QED) is 0.809. The van der Waals surface area contributed by atoms with Crippen molar-refractivity contribution in [3.8, 4) is 0 Å². The first-order chi connectivity index (χ1) is 7.76. The fourth-order valence-electron chi connectivity index (χ4n) is 1.58. The molecule has 2 aromatic rings. The number of aromatic nitrogens is 1. The molecular formula is C11H12BrNO3. The van der Waals surface area contributed by atoms with Crippen LogP contribution in [0.25, 0.3) is 11.0 Å². The average molecular weight is 286 g/mol. The maximum Gasteiger partial charge on any atom is 0.292 e. The number of nitrogens with zero attached hydrogens (tertiary/aromatic N) is 1. The van der Waals surface area contributed by atoms with Crippen LogP contribution in [0.3, 0.4) is 0 Å². The number of fused-ring (bicyclic) bond motifs is 1. The van der Waals surface area contributed by atoms with E-state index < -0.39 is 0 Å². The zero-order valence-electron chi connectivity index (χ0n) is 8.90. The highest BCUT2D eigenvalue weighted by molar-refractivity contribution is 9.09. The molecule has 1 aromatic heterocycles. The van der Waals surface area contributed by atoms with E-state index >= 15 is 0 Å². The monoisotopic (exact) mass is 285 g/mol. The molecular weight excluding hydrogens is 274 g/mol. The Morgan fingerprint density at radius 3 is 3.00 bits per heavy atom. The van der Waals surface area contributed by atoms with Gasteiger partial charge in [-0.05, 0) is 24.1 Å². The molecule has 1 aromatic carbocycles. The fraction of sp³-hybridized carbons (Fsp3) is 0.364. The molecule has 1 heterocycles. The highest BCUT2D eigenvalue weighted by atomic mass is 79.9. The van der Waals surface area contributed by atoms with E-state index in [2.05, 4.69) is 15.9 Å². The van der Waals surface area contributed by atoms with Crippen LogP contribution in [0.2, 0.25) is 0 Å². The van der Waals surface area contributed by atoms with E-state index in [1.165, 1.54) is 11.8 Å². The van der Waals surface area contributed by atoms with E-state index in [-0.39, 0.29) is 12.3 Å². The van der Waals surface area contributed by atoms with Crippen molar-refractivity contribution in [1.82, 2.24) is 4.74 Å². The smallest absolute Gasteiger partial charge is 0.292 e. The van der Waals surface area contributed by atoms with Gasteiger partial charge in [-0.15, -0.1) is 4.74 Å². The molecule has 0 amide bonds. The van der Waals surface area contributed by atoms with Crippen molar-refractivity contribution >= 4 is 26.9 Å². The summed E-state index contributed by atoms with van der Waals surface area (Å²) in [4.78, 5) is 11.8. The van der Waals surface area contributed by atoms with Crippen LogP contribution in [-0.4, -0.2) is 17.2 Å². The van der Waals surface area contributed by atoms with E-state index in [1.54, 1.807) is 6.07 Å². The van der Waals surface area contributed by atoms with Crippen LogP contribution in [0, 0.1) is 0 Å². The Bertz CT molecular complexity index is 544. The molecule has 0 radical (unpaired) electrons. The summed E-state index contributed by atoms with van der Waals surface area (Å²) < 4.78 is 11.5. The van der Waals surface area contributed by atoms with E-state index in [0.29, 0.717) is 11.0 Å². The number of hydrogen-bond acceptors (Lipinski definition) is 3. The van der Waals surface area contributed by atoms with Gasteiger partial charge in [0.2, 0.25) is 0 Å². The molecule has 4 nitrogen and oxygen atoms in total. The van der Waals surface area contributed by atoms with Crippen molar-refractivity contribution in [2.24, 2.45) is 0 Å². The van der Waals surface area contributed by atoms with Crippen LogP contribution in [0.5, 0.6) is 0 Å². The zero-order chi connectivity index (χ0) is 11.5. The summed E-state index contributed by atoms with van der Waals surface area (Å²) in [7, 11) is 1.52. The third-order valence-electron chi connectivity index (χ3n) is 2.34. The van der Waals surface area contributed by atoms with Gasteiger partial charge in [-0.2, -0.15) is 0 Å². The third kappa shape index (κ3) is 2.05. The van der Waals surface area contributed by atoms with Crippen molar-refractivity contribution in [3.63, 3.8) is 0 Å². The lowest BCUT2D eigenvalue weighted by molar-refractivity contribution is 0.0636. The maximum absolute atomic E-state index is 11.8. The molecule has 86 valence electrons. The van der Waals surface area contributed by atoms with Gasteiger partial charge in [-0.3, -0.25) is 4.79 Å². The van der Waals surface area contributed by atoms with Crippen molar-refractivity contribution in [2.75, 3.05) is 12.4 Å². The van der Waals surface area contributed by atoms with Gasteiger partial charge in [-0.1, -0.05) is 22.0 Å². The van der Waals surface area contributed by atoms with Crippen molar-refractivity contribution in [2.45, 2.75) is 13.2 Å². The summed E-state index contributed by atoms with van der Waals surface area (Å²) >= 11 is 3.38. The molecule has 0 spiro atoms. The first-order valence-corrected chi connectivity index (χ1v) is 6.06. The van der Waals surface area contributed by atoms with Crippen LogP contribution in [-0.2, 0) is 17.9 Å². The molecule has 2 rings (SSSR count). The molecule has 0 bridgehead atoms. The fourth-order valence-corrected chi connectivity index (χ4v) is 2.04. The Hall–Kier alpha value is -1.07. The SMILES string of the molecule is COCn1oc2cc(CCBr)ccc2c1=O. The average Bonchev–Trinajstić information content (AvgIpc) is 2.57. The molecule has 16 heavy (non-hydrogen) atoms. The third-order valence-corrected chi connectivity index (χ3v) is 2.74. The molecule has 0 unspecified atom stereocenters. The van der Waals surface area contributed by atoms with Gasteiger partial charge in [-0.25, -0.2) is 0 Å². The van der Waals surface area contributed by atoms with Crippen molar-refractivity contribution < 1.29 is 9.26 Å². The van der Waals surface area contributed by atoms with Crippen LogP contribution in [0.15, 0.2) is 27.5 Å². The summed E-state index contributed by atoms with van der Waals surface area (Å²) in [5.41, 5.74) is 1.60. The highest BCUT2D eigenvalue weighted by Gasteiger charge is 2.09. The lowest BCUT2D eigenvalue weighted by Gasteiger charge is -1.96. The molecule has 0 aliphatic rings. The molecule has 5 heteroatoms. The number of aryl methyl sites for hydroxylation is 1. The van der Waals surface area contributed by atoms with Gasteiger partial charge in [0.15, 0.2) is 12.3 Å². The van der Waals surface area contributed by atoms with Crippen molar-refractivity contribution in [3.05, 3.63) is 34.1 Å². The number of benzene rings is 1. The minimum absolute atomic E-state index is 0.140.